The molecular formula is C16H15Cl2FN2O3. The highest BCUT2D eigenvalue weighted by atomic mass is 35.5. The normalized spacial score (nSPS) is 18.0. The van der Waals surface area contributed by atoms with Gasteiger partial charge in [0.05, 0.1) is 30.3 Å². The van der Waals surface area contributed by atoms with Crippen LogP contribution in [0.4, 0.5) is 4.39 Å². The van der Waals surface area contributed by atoms with Crippen LogP contribution >= 0.6 is 23.2 Å². The minimum Gasteiger partial charge on any atom is -0.467 e. The number of nitrogens with zero attached hydrogens (tertiary/aromatic N) is 1. The summed E-state index contributed by atoms with van der Waals surface area (Å²) in [5.41, 5.74) is 6.37. The predicted molar refractivity (Wildman–Crippen MR) is 87.6 cm³/mol. The maximum atomic E-state index is 13.7. The van der Waals surface area contributed by atoms with Crippen LogP contribution in [0.5, 0.6) is 0 Å². The predicted octanol–water partition coefficient (Wildman–Crippen LogP) is 3.40. The average Bonchev–Trinajstić information content (AvgIpc) is 3.06. The zero-order chi connectivity index (χ0) is 17.3. The van der Waals surface area contributed by atoms with Crippen molar-refractivity contribution in [2.75, 3.05) is 19.7 Å². The van der Waals surface area contributed by atoms with E-state index in [1.165, 1.54) is 18.4 Å². The van der Waals surface area contributed by atoms with Crippen LogP contribution in [0.3, 0.4) is 0 Å². The van der Waals surface area contributed by atoms with E-state index in [1.54, 1.807) is 11.0 Å². The van der Waals surface area contributed by atoms with Gasteiger partial charge in [-0.05, 0) is 18.2 Å². The van der Waals surface area contributed by atoms with E-state index >= 15 is 0 Å². The van der Waals surface area contributed by atoms with Crippen LogP contribution < -0.4 is 5.73 Å². The van der Waals surface area contributed by atoms with Crippen molar-refractivity contribution in [1.82, 2.24) is 4.90 Å². The lowest BCUT2D eigenvalue weighted by molar-refractivity contribution is -0.0229. The summed E-state index contributed by atoms with van der Waals surface area (Å²) in [5, 5.41) is 0.245. The molecule has 128 valence electrons. The number of furan rings is 1. The Balaban J connectivity index is 1.79. The zero-order valence-corrected chi connectivity index (χ0v) is 14.1. The first kappa shape index (κ1) is 17.2. The van der Waals surface area contributed by atoms with E-state index < -0.39 is 11.9 Å². The fourth-order valence-corrected chi connectivity index (χ4v) is 3.09. The van der Waals surface area contributed by atoms with E-state index in [1.807, 2.05) is 0 Å². The second kappa shape index (κ2) is 7.11. The SMILES string of the molecule is NCc1cc(C(=O)N2CCOC(c3cc(F)c(Cl)cc3Cl)C2)co1. The Morgan fingerprint density at radius 2 is 2.12 bits per heavy atom. The first-order chi connectivity index (χ1) is 11.5. The first-order valence-corrected chi connectivity index (χ1v) is 8.08. The highest BCUT2D eigenvalue weighted by molar-refractivity contribution is 6.35. The van der Waals surface area contributed by atoms with Gasteiger partial charge < -0.3 is 19.8 Å². The molecule has 2 aromatic rings. The van der Waals surface area contributed by atoms with Crippen LogP contribution in [0.1, 0.15) is 27.8 Å². The highest BCUT2D eigenvalue weighted by Crippen LogP contribution is 2.32. The number of carbonyl (C=O) groups is 1. The van der Waals surface area contributed by atoms with Crippen molar-refractivity contribution in [3.05, 3.63) is 57.2 Å². The fourth-order valence-electron chi connectivity index (χ4n) is 2.59. The number of halogens is 3. The number of morpholine rings is 1. The molecule has 2 N–H and O–H groups in total. The largest absolute Gasteiger partial charge is 0.467 e. The second-order valence-electron chi connectivity index (χ2n) is 5.40. The van der Waals surface area contributed by atoms with Crippen LogP contribution in [0.2, 0.25) is 10.0 Å². The topological polar surface area (TPSA) is 68.7 Å². The number of nitrogens with two attached hydrogens (primary N) is 1. The Labute approximate surface area is 148 Å². The van der Waals surface area contributed by atoms with Crippen LogP contribution in [0.25, 0.3) is 0 Å². The number of carbonyl (C=O) groups excluding carboxylic acids is 1. The highest BCUT2D eigenvalue weighted by Gasteiger charge is 2.28. The molecule has 0 radical (unpaired) electrons. The third kappa shape index (κ3) is 3.42. The number of amides is 1. The number of hydrogen-bond donors (Lipinski definition) is 1. The van der Waals surface area contributed by atoms with Gasteiger partial charge in [-0.1, -0.05) is 23.2 Å². The Kier molecular flexibility index (Phi) is 5.10. The molecule has 1 atom stereocenters. The summed E-state index contributed by atoms with van der Waals surface area (Å²) in [7, 11) is 0. The van der Waals surface area contributed by atoms with E-state index in [-0.39, 0.29) is 24.0 Å². The van der Waals surface area contributed by atoms with Crippen molar-refractivity contribution in [3.63, 3.8) is 0 Å². The third-order valence-corrected chi connectivity index (χ3v) is 4.46. The monoisotopic (exact) mass is 372 g/mol. The van der Waals surface area contributed by atoms with Gasteiger partial charge in [-0.25, -0.2) is 4.39 Å². The van der Waals surface area contributed by atoms with Gasteiger partial charge in [0.1, 0.15) is 23.9 Å². The smallest absolute Gasteiger partial charge is 0.257 e. The van der Waals surface area contributed by atoms with Crippen LogP contribution in [-0.2, 0) is 11.3 Å². The van der Waals surface area contributed by atoms with E-state index in [2.05, 4.69) is 0 Å². The molecule has 1 aliphatic rings. The molecule has 1 fully saturated rings. The van der Waals surface area contributed by atoms with Gasteiger partial charge in [-0.15, -0.1) is 0 Å². The van der Waals surface area contributed by atoms with Gasteiger partial charge in [0.2, 0.25) is 0 Å². The lowest BCUT2D eigenvalue weighted by Crippen LogP contribution is -2.42. The van der Waals surface area contributed by atoms with Crippen LogP contribution in [0.15, 0.2) is 28.9 Å². The summed E-state index contributed by atoms with van der Waals surface area (Å²) in [5.74, 6) is -0.242. The van der Waals surface area contributed by atoms with Gasteiger partial charge in [-0.3, -0.25) is 4.79 Å². The molecule has 1 aromatic heterocycles. The number of rotatable bonds is 3. The van der Waals surface area contributed by atoms with Crippen molar-refractivity contribution in [2.45, 2.75) is 12.6 Å². The molecule has 1 aliphatic heterocycles. The van der Waals surface area contributed by atoms with Crippen molar-refractivity contribution < 1.29 is 18.3 Å². The van der Waals surface area contributed by atoms with Gasteiger partial charge in [0.15, 0.2) is 0 Å². The molecule has 0 spiro atoms. The molecule has 3 rings (SSSR count). The van der Waals surface area contributed by atoms with Crippen molar-refractivity contribution in [1.29, 1.82) is 0 Å². The summed E-state index contributed by atoms with van der Waals surface area (Å²) in [6, 6.07) is 4.19. The van der Waals surface area contributed by atoms with Crippen LogP contribution in [0, 0.1) is 5.82 Å². The number of hydrogen-bond acceptors (Lipinski definition) is 4. The molecule has 0 bridgehead atoms. The van der Waals surface area contributed by atoms with E-state index in [4.69, 9.17) is 38.1 Å². The molecule has 0 aliphatic carbocycles. The minimum absolute atomic E-state index is 0.0554. The van der Waals surface area contributed by atoms with Gasteiger partial charge >= 0.3 is 0 Å². The maximum Gasteiger partial charge on any atom is 0.257 e. The Bertz CT molecular complexity index is 766. The number of benzene rings is 1. The first-order valence-electron chi connectivity index (χ1n) is 7.32. The molecule has 8 heteroatoms. The standard InChI is InChI=1S/C16H15Cl2FN2O3/c17-12-5-13(18)14(19)4-11(12)15-7-21(1-2-23-15)16(22)9-3-10(6-20)24-8-9/h3-5,8,15H,1-2,6-7,20H2. The van der Waals surface area contributed by atoms with Crippen molar-refractivity contribution in [3.8, 4) is 0 Å². The van der Waals surface area contributed by atoms with E-state index in [0.29, 0.717) is 35.1 Å². The average molecular weight is 373 g/mol. The number of ether oxygens (including phenoxy) is 1. The summed E-state index contributed by atoms with van der Waals surface area (Å²) < 4.78 is 24.6. The molecule has 1 amide bonds. The van der Waals surface area contributed by atoms with Gasteiger partial charge in [0.25, 0.3) is 5.91 Å². The molecule has 24 heavy (non-hydrogen) atoms. The Morgan fingerprint density at radius 1 is 1.33 bits per heavy atom. The van der Waals surface area contributed by atoms with Gasteiger partial charge in [-0.2, -0.15) is 0 Å². The Hall–Kier alpha value is -1.60. The summed E-state index contributed by atoms with van der Waals surface area (Å²) in [4.78, 5) is 14.2. The van der Waals surface area contributed by atoms with E-state index in [0.717, 1.165) is 0 Å². The van der Waals surface area contributed by atoms with Gasteiger partial charge in [0, 0.05) is 17.1 Å². The quantitative estimate of drug-likeness (QED) is 0.838. The van der Waals surface area contributed by atoms with Crippen LogP contribution in [-0.4, -0.2) is 30.5 Å². The molecule has 1 unspecified atom stereocenters. The maximum absolute atomic E-state index is 13.7. The summed E-state index contributed by atoms with van der Waals surface area (Å²) >= 11 is 11.9. The van der Waals surface area contributed by atoms with Crippen molar-refractivity contribution in [2.24, 2.45) is 5.73 Å². The fraction of sp³-hybridized carbons (Fsp3) is 0.312. The molecule has 1 aromatic carbocycles. The lowest BCUT2D eigenvalue weighted by atomic mass is 10.1. The summed E-state index contributed by atoms with van der Waals surface area (Å²) in [6.07, 6.45) is 0.854. The molecular weight excluding hydrogens is 358 g/mol. The van der Waals surface area contributed by atoms with E-state index in [9.17, 15) is 9.18 Å². The lowest BCUT2D eigenvalue weighted by Gasteiger charge is -2.33. The minimum atomic E-state index is -0.578. The second-order valence-corrected chi connectivity index (χ2v) is 6.22. The molecule has 2 heterocycles. The third-order valence-electron chi connectivity index (χ3n) is 3.84. The molecule has 0 saturated carbocycles. The molecule has 1 saturated heterocycles. The Morgan fingerprint density at radius 3 is 2.83 bits per heavy atom. The molecule has 5 nitrogen and oxygen atoms in total. The summed E-state index contributed by atoms with van der Waals surface area (Å²) in [6.45, 7) is 1.21. The zero-order valence-electron chi connectivity index (χ0n) is 12.6. The van der Waals surface area contributed by atoms with Crippen molar-refractivity contribution >= 4 is 29.1 Å².